The Morgan fingerprint density at radius 1 is 1.08 bits per heavy atom. The van der Waals surface area contributed by atoms with Gasteiger partial charge in [-0.3, -0.25) is 4.79 Å². The number of benzene rings is 2. The van der Waals surface area contributed by atoms with Gasteiger partial charge < -0.3 is 9.73 Å². The van der Waals surface area contributed by atoms with E-state index in [1.54, 1.807) is 19.1 Å². The molecule has 3 rings (SSSR count). The number of amides is 1. The quantitative estimate of drug-likeness (QED) is 0.721. The van der Waals surface area contributed by atoms with E-state index >= 15 is 0 Å². The Morgan fingerprint density at radius 2 is 1.73 bits per heavy atom. The molecule has 0 aliphatic rings. The average Bonchev–Trinajstić information content (AvgIpc) is 2.97. The van der Waals surface area contributed by atoms with Crippen molar-refractivity contribution in [3.8, 4) is 0 Å². The van der Waals surface area contributed by atoms with E-state index in [-0.39, 0.29) is 24.1 Å². The van der Waals surface area contributed by atoms with Crippen LogP contribution in [0.2, 0.25) is 0 Å². The molecule has 0 radical (unpaired) electrons. The molecular weight excluding hydrogens is 331 g/mol. The van der Waals surface area contributed by atoms with Crippen LogP contribution in [-0.2, 0) is 11.3 Å². The number of aromatic nitrogens is 1. The third-order valence-electron chi connectivity index (χ3n) is 4.32. The number of rotatable bonds is 6. The monoisotopic (exact) mass is 352 g/mol. The Hall–Kier alpha value is -2.95. The molecule has 1 atom stereocenters. The molecule has 0 saturated carbocycles. The van der Waals surface area contributed by atoms with Gasteiger partial charge in [-0.25, -0.2) is 9.37 Å². The largest absolute Gasteiger partial charge is 0.446 e. The van der Waals surface area contributed by atoms with Gasteiger partial charge in [-0.2, -0.15) is 0 Å². The van der Waals surface area contributed by atoms with Crippen molar-refractivity contribution in [2.75, 3.05) is 0 Å². The number of hydrogen-bond acceptors (Lipinski definition) is 3. The van der Waals surface area contributed by atoms with Crippen LogP contribution < -0.4 is 5.32 Å². The van der Waals surface area contributed by atoms with Gasteiger partial charge in [-0.05, 0) is 30.2 Å². The van der Waals surface area contributed by atoms with Crippen molar-refractivity contribution in [1.29, 1.82) is 0 Å². The minimum atomic E-state index is -0.290. The summed E-state index contributed by atoms with van der Waals surface area (Å²) in [5.74, 6) is 0.767. The van der Waals surface area contributed by atoms with Gasteiger partial charge in [0.05, 0.1) is 6.54 Å². The predicted molar refractivity (Wildman–Crippen MR) is 97.1 cm³/mol. The van der Waals surface area contributed by atoms with Crippen molar-refractivity contribution < 1.29 is 13.6 Å². The average molecular weight is 352 g/mol. The van der Waals surface area contributed by atoms with Gasteiger partial charge in [0.25, 0.3) is 0 Å². The Labute approximate surface area is 152 Å². The molecule has 5 heteroatoms. The smallest absolute Gasteiger partial charge is 0.221 e. The number of halogens is 1. The molecule has 0 spiro atoms. The molecule has 134 valence electrons. The zero-order chi connectivity index (χ0) is 18.5. The summed E-state index contributed by atoms with van der Waals surface area (Å²) in [4.78, 5) is 16.8. The maximum Gasteiger partial charge on any atom is 0.221 e. The van der Waals surface area contributed by atoms with Gasteiger partial charge in [-0.15, -0.1) is 0 Å². The lowest BCUT2D eigenvalue weighted by Gasteiger charge is -2.18. The lowest BCUT2D eigenvalue weighted by molar-refractivity contribution is -0.121. The Morgan fingerprint density at radius 3 is 2.35 bits per heavy atom. The van der Waals surface area contributed by atoms with E-state index in [0.29, 0.717) is 18.2 Å². The van der Waals surface area contributed by atoms with Crippen molar-refractivity contribution >= 4 is 5.91 Å². The van der Waals surface area contributed by atoms with E-state index in [4.69, 9.17) is 4.42 Å². The molecule has 1 heterocycles. The molecular formula is C21H21FN2O2. The number of nitrogens with one attached hydrogen (secondary N) is 1. The van der Waals surface area contributed by atoms with Gasteiger partial charge >= 0.3 is 0 Å². The summed E-state index contributed by atoms with van der Waals surface area (Å²) in [6.45, 7) is 3.93. The fourth-order valence-corrected chi connectivity index (χ4v) is 2.98. The van der Waals surface area contributed by atoms with Crippen LogP contribution in [0.25, 0.3) is 0 Å². The molecule has 0 aliphatic heterocycles. The topological polar surface area (TPSA) is 55.1 Å². The van der Waals surface area contributed by atoms with Crippen molar-refractivity contribution in [3.05, 3.63) is 88.9 Å². The first-order valence-electron chi connectivity index (χ1n) is 8.53. The lowest BCUT2D eigenvalue weighted by Crippen LogP contribution is -2.25. The van der Waals surface area contributed by atoms with Crippen molar-refractivity contribution in [2.24, 2.45) is 0 Å². The Bertz CT molecular complexity index is 873. The number of carbonyl (C=O) groups is 1. The SMILES string of the molecule is Cc1nc(CNC(=O)CC(c2ccccc2)c2ccc(F)cc2)c(C)o1. The second kappa shape index (κ2) is 7.95. The van der Waals surface area contributed by atoms with Crippen LogP contribution in [-0.4, -0.2) is 10.9 Å². The fourth-order valence-electron chi connectivity index (χ4n) is 2.98. The molecule has 1 N–H and O–H groups in total. The van der Waals surface area contributed by atoms with Gasteiger partial charge in [0, 0.05) is 19.3 Å². The van der Waals surface area contributed by atoms with Crippen molar-refractivity contribution in [2.45, 2.75) is 32.7 Å². The van der Waals surface area contributed by atoms with Gasteiger partial charge in [-0.1, -0.05) is 42.5 Å². The summed E-state index contributed by atoms with van der Waals surface area (Å²) in [5, 5.41) is 2.90. The Balaban J connectivity index is 1.74. The van der Waals surface area contributed by atoms with Crippen LogP contribution in [0.4, 0.5) is 4.39 Å². The highest BCUT2D eigenvalue weighted by Gasteiger charge is 2.19. The molecule has 0 fully saturated rings. The lowest BCUT2D eigenvalue weighted by atomic mass is 9.88. The second-order valence-corrected chi connectivity index (χ2v) is 6.23. The van der Waals surface area contributed by atoms with Crippen LogP contribution in [0.1, 0.15) is 40.8 Å². The molecule has 26 heavy (non-hydrogen) atoms. The third kappa shape index (κ3) is 4.36. The van der Waals surface area contributed by atoms with Gasteiger partial charge in [0.2, 0.25) is 5.91 Å². The normalized spacial score (nSPS) is 12.0. The standard InChI is InChI=1S/C21H21FN2O2/c1-14-20(24-15(2)26-14)13-23-21(25)12-19(16-6-4-3-5-7-16)17-8-10-18(22)11-9-17/h3-11,19H,12-13H2,1-2H3,(H,23,25). The van der Waals surface area contributed by atoms with E-state index in [1.165, 1.54) is 12.1 Å². The summed E-state index contributed by atoms with van der Waals surface area (Å²) >= 11 is 0. The predicted octanol–water partition coefficient (Wildman–Crippen LogP) is 4.27. The summed E-state index contributed by atoms with van der Waals surface area (Å²) < 4.78 is 18.6. The molecule has 2 aromatic carbocycles. The van der Waals surface area contributed by atoms with Crippen LogP contribution in [0.5, 0.6) is 0 Å². The first-order chi connectivity index (χ1) is 12.5. The fraction of sp³-hybridized carbons (Fsp3) is 0.238. The molecule has 1 amide bonds. The second-order valence-electron chi connectivity index (χ2n) is 6.23. The van der Waals surface area contributed by atoms with Crippen LogP contribution >= 0.6 is 0 Å². The molecule has 0 bridgehead atoms. The van der Waals surface area contributed by atoms with E-state index in [2.05, 4.69) is 10.3 Å². The zero-order valence-corrected chi connectivity index (χ0v) is 14.8. The zero-order valence-electron chi connectivity index (χ0n) is 14.8. The number of aryl methyl sites for hydroxylation is 2. The summed E-state index contributed by atoms with van der Waals surface area (Å²) in [6, 6.07) is 16.1. The molecule has 0 saturated heterocycles. The molecule has 0 aliphatic carbocycles. The number of nitrogens with zero attached hydrogens (tertiary/aromatic N) is 1. The number of oxazole rings is 1. The van der Waals surface area contributed by atoms with Gasteiger partial charge in [0.1, 0.15) is 17.3 Å². The minimum Gasteiger partial charge on any atom is -0.446 e. The first kappa shape index (κ1) is 17.9. The van der Waals surface area contributed by atoms with Crippen LogP contribution in [0, 0.1) is 19.7 Å². The number of hydrogen-bond donors (Lipinski definition) is 1. The Kier molecular flexibility index (Phi) is 5.46. The molecule has 3 aromatic rings. The highest BCUT2D eigenvalue weighted by atomic mass is 19.1. The highest BCUT2D eigenvalue weighted by molar-refractivity contribution is 5.77. The summed E-state index contributed by atoms with van der Waals surface area (Å²) in [5.41, 5.74) is 2.65. The minimum absolute atomic E-state index is 0.0942. The number of carbonyl (C=O) groups excluding carboxylic acids is 1. The van der Waals surface area contributed by atoms with Gasteiger partial charge in [0.15, 0.2) is 5.89 Å². The maximum absolute atomic E-state index is 13.3. The summed E-state index contributed by atoms with van der Waals surface area (Å²) in [7, 11) is 0. The van der Waals surface area contributed by atoms with Crippen molar-refractivity contribution in [3.63, 3.8) is 0 Å². The summed E-state index contributed by atoms with van der Waals surface area (Å²) in [6.07, 6.45) is 0.269. The maximum atomic E-state index is 13.3. The van der Waals surface area contributed by atoms with E-state index < -0.39 is 0 Å². The van der Waals surface area contributed by atoms with E-state index in [9.17, 15) is 9.18 Å². The molecule has 4 nitrogen and oxygen atoms in total. The molecule has 1 unspecified atom stereocenters. The van der Waals surface area contributed by atoms with Crippen LogP contribution in [0.3, 0.4) is 0 Å². The van der Waals surface area contributed by atoms with Crippen LogP contribution in [0.15, 0.2) is 59.0 Å². The highest BCUT2D eigenvalue weighted by Crippen LogP contribution is 2.28. The molecule has 1 aromatic heterocycles. The van der Waals surface area contributed by atoms with E-state index in [1.807, 2.05) is 37.3 Å². The first-order valence-corrected chi connectivity index (χ1v) is 8.53. The van der Waals surface area contributed by atoms with Crippen molar-refractivity contribution in [1.82, 2.24) is 10.3 Å². The van der Waals surface area contributed by atoms with E-state index in [0.717, 1.165) is 16.8 Å². The third-order valence-corrected chi connectivity index (χ3v) is 4.32.